The van der Waals surface area contributed by atoms with Crippen molar-refractivity contribution in [3.05, 3.63) is 11.6 Å². The molecule has 10 atom stereocenters. The van der Waals surface area contributed by atoms with E-state index < -0.39 is 29.1 Å². The Morgan fingerprint density at radius 2 is 1.85 bits per heavy atom. The second-order valence-corrected chi connectivity index (χ2v) is 9.85. The monoisotopic (exact) mass is 360 g/mol. The second-order valence-electron chi connectivity index (χ2n) is 9.85. The maximum absolute atomic E-state index is 11.3. The molecule has 4 N–H and O–H groups in total. The van der Waals surface area contributed by atoms with Gasteiger partial charge >= 0.3 is 0 Å². The van der Waals surface area contributed by atoms with E-state index in [-0.39, 0.29) is 29.3 Å². The van der Waals surface area contributed by atoms with Gasteiger partial charge in [-0.25, -0.2) is 0 Å². The van der Waals surface area contributed by atoms with Crippen LogP contribution in [0.4, 0.5) is 0 Å². The van der Waals surface area contributed by atoms with Crippen LogP contribution in [0.5, 0.6) is 0 Å². The third-order valence-corrected chi connectivity index (χ3v) is 8.99. The van der Waals surface area contributed by atoms with Crippen LogP contribution < -0.4 is 0 Å². The van der Waals surface area contributed by atoms with Crippen LogP contribution in [0.15, 0.2) is 11.6 Å². The summed E-state index contributed by atoms with van der Waals surface area (Å²) in [6.45, 7) is 6.09. The predicted molar refractivity (Wildman–Crippen MR) is 98.8 cm³/mol. The van der Waals surface area contributed by atoms with Crippen molar-refractivity contribution in [1.29, 1.82) is 0 Å². The van der Waals surface area contributed by atoms with Crippen LogP contribution in [-0.2, 0) is 0 Å². The minimum atomic E-state index is -1.35. The van der Waals surface area contributed by atoms with Crippen LogP contribution >= 0.6 is 0 Å². The molecule has 144 valence electrons. The van der Waals surface area contributed by atoms with E-state index in [0.717, 1.165) is 25.7 Å². The third-order valence-electron chi connectivity index (χ3n) is 8.99. The molecule has 0 amide bonds. The summed E-state index contributed by atoms with van der Waals surface area (Å²) in [6.07, 6.45) is 9.91. The highest BCUT2D eigenvalue weighted by Crippen LogP contribution is 2.68. The fourth-order valence-electron chi connectivity index (χ4n) is 7.32. The molecule has 0 aliphatic heterocycles. The van der Waals surface area contributed by atoms with Gasteiger partial charge in [-0.1, -0.05) is 38.3 Å². The van der Waals surface area contributed by atoms with Crippen molar-refractivity contribution >= 4 is 0 Å². The normalized spacial score (nSPS) is 58.8. The molecule has 26 heavy (non-hydrogen) atoms. The van der Waals surface area contributed by atoms with Crippen molar-refractivity contribution in [2.24, 2.45) is 34.5 Å². The van der Waals surface area contributed by atoms with Crippen molar-refractivity contribution in [2.45, 2.75) is 76.8 Å². The van der Waals surface area contributed by atoms with Gasteiger partial charge in [-0.2, -0.15) is 0 Å². The van der Waals surface area contributed by atoms with Gasteiger partial charge in [0.1, 0.15) is 5.60 Å². The molecule has 0 aromatic carbocycles. The Morgan fingerprint density at radius 3 is 2.50 bits per heavy atom. The minimum Gasteiger partial charge on any atom is -0.393 e. The summed E-state index contributed by atoms with van der Waals surface area (Å²) in [5, 5.41) is 43.5. The molecule has 4 rings (SSSR count). The van der Waals surface area contributed by atoms with Gasteiger partial charge in [0.25, 0.3) is 0 Å². The summed E-state index contributed by atoms with van der Waals surface area (Å²) in [6, 6.07) is 0. The highest BCUT2D eigenvalue weighted by molar-refractivity contribution is 5.32. The Balaban J connectivity index is 1.81. The first kappa shape index (κ1) is 18.5. The Hall–Kier alpha value is -0.860. The van der Waals surface area contributed by atoms with Gasteiger partial charge in [0.05, 0.1) is 18.3 Å². The molecule has 0 bridgehead atoms. The zero-order valence-corrected chi connectivity index (χ0v) is 16.0. The van der Waals surface area contributed by atoms with Gasteiger partial charge in [0, 0.05) is 17.3 Å². The van der Waals surface area contributed by atoms with E-state index in [1.165, 1.54) is 5.57 Å². The first-order chi connectivity index (χ1) is 12.1. The molecule has 4 aliphatic carbocycles. The fraction of sp³-hybridized carbons (Fsp3) is 0.818. The zero-order valence-electron chi connectivity index (χ0n) is 16.0. The number of rotatable bonds is 0. The van der Waals surface area contributed by atoms with Crippen molar-refractivity contribution in [3.8, 4) is 12.3 Å². The summed E-state index contributed by atoms with van der Waals surface area (Å²) in [5.41, 5.74) is -0.834. The molecule has 0 heterocycles. The number of terminal acetylenes is 1. The molecule has 0 aromatic heterocycles. The average molecular weight is 360 g/mol. The topological polar surface area (TPSA) is 80.9 Å². The molecule has 5 unspecified atom stereocenters. The van der Waals surface area contributed by atoms with Gasteiger partial charge in [0.2, 0.25) is 0 Å². The van der Waals surface area contributed by atoms with E-state index in [9.17, 15) is 20.4 Å². The SMILES string of the molecule is C#C[C@]1(O)[C@H](C)C(O)C2C3C(O)C=C4C[C@H](O)CC[C@]4(C)C3CC[C@@]21C. The van der Waals surface area contributed by atoms with E-state index >= 15 is 0 Å². The van der Waals surface area contributed by atoms with E-state index in [2.05, 4.69) is 12.8 Å². The number of aliphatic hydroxyl groups excluding tert-OH is 3. The van der Waals surface area contributed by atoms with Gasteiger partial charge in [-0.15, -0.1) is 6.42 Å². The number of fused-ring (bicyclic) bond motifs is 5. The van der Waals surface area contributed by atoms with Crippen molar-refractivity contribution in [2.75, 3.05) is 0 Å². The Morgan fingerprint density at radius 1 is 1.15 bits per heavy atom. The van der Waals surface area contributed by atoms with Crippen LogP contribution in [-0.4, -0.2) is 44.3 Å². The summed E-state index contributed by atoms with van der Waals surface area (Å²) in [7, 11) is 0. The Labute approximate surface area is 156 Å². The lowest BCUT2D eigenvalue weighted by Gasteiger charge is -2.59. The molecule has 3 saturated carbocycles. The van der Waals surface area contributed by atoms with Crippen molar-refractivity contribution in [1.82, 2.24) is 0 Å². The molecule has 0 aromatic rings. The molecule has 0 spiro atoms. The average Bonchev–Trinajstić information content (AvgIpc) is 2.75. The molecule has 4 aliphatic rings. The van der Waals surface area contributed by atoms with Gasteiger partial charge in [-0.3, -0.25) is 0 Å². The smallest absolute Gasteiger partial charge is 0.135 e. The quantitative estimate of drug-likeness (QED) is 0.393. The van der Waals surface area contributed by atoms with E-state index in [1.807, 2.05) is 19.9 Å². The number of hydrogen-bond donors (Lipinski definition) is 4. The molecule has 0 saturated heterocycles. The summed E-state index contributed by atoms with van der Waals surface area (Å²) >= 11 is 0. The molecule has 4 heteroatoms. The van der Waals surface area contributed by atoms with Gasteiger partial charge < -0.3 is 20.4 Å². The summed E-state index contributed by atoms with van der Waals surface area (Å²) in [5.74, 6) is 2.09. The standard InChI is InChI=1S/C22H32O4/c1-5-22(26)12(2)19(25)18-17-15(7-9-21(18,22)4)20(3)8-6-14(23)10-13(20)11-16(17)24/h1,11-12,14-19,23-26H,6-10H2,2-4H3/t12-,14-,15?,16?,17?,18?,19?,20+,21+,22+/m1/s1. The van der Waals surface area contributed by atoms with Gasteiger partial charge in [-0.05, 0) is 49.4 Å². The van der Waals surface area contributed by atoms with Crippen molar-refractivity contribution < 1.29 is 20.4 Å². The zero-order chi connectivity index (χ0) is 19.1. The van der Waals surface area contributed by atoms with Crippen LogP contribution in [0.25, 0.3) is 0 Å². The lowest BCUT2D eigenvalue weighted by molar-refractivity contribution is -0.136. The molecule has 0 radical (unpaired) electrons. The van der Waals surface area contributed by atoms with E-state index in [4.69, 9.17) is 6.42 Å². The van der Waals surface area contributed by atoms with Crippen LogP contribution in [0.2, 0.25) is 0 Å². The molecular formula is C22H32O4. The number of aliphatic hydroxyl groups is 4. The van der Waals surface area contributed by atoms with Gasteiger partial charge in [0.15, 0.2) is 0 Å². The molecular weight excluding hydrogens is 328 g/mol. The maximum Gasteiger partial charge on any atom is 0.135 e. The largest absolute Gasteiger partial charge is 0.393 e. The van der Waals surface area contributed by atoms with Crippen LogP contribution in [0.3, 0.4) is 0 Å². The van der Waals surface area contributed by atoms with Crippen LogP contribution in [0.1, 0.15) is 52.9 Å². The molecule has 4 nitrogen and oxygen atoms in total. The Bertz CT molecular complexity index is 680. The van der Waals surface area contributed by atoms with Crippen molar-refractivity contribution in [3.63, 3.8) is 0 Å². The maximum atomic E-state index is 11.3. The highest BCUT2D eigenvalue weighted by Gasteiger charge is 2.70. The second kappa shape index (κ2) is 5.58. The van der Waals surface area contributed by atoms with E-state index in [1.54, 1.807) is 0 Å². The number of hydrogen-bond acceptors (Lipinski definition) is 4. The first-order valence-electron chi connectivity index (χ1n) is 10.1. The molecule has 3 fully saturated rings. The lowest BCUT2D eigenvalue weighted by Crippen LogP contribution is -2.58. The van der Waals surface area contributed by atoms with Crippen LogP contribution in [0, 0.1) is 46.8 Å². The minimum absolute atomic E-state index is 0.0513. The summed E-state index contributed by atoms with van der Waals surface area (Å²) < 4.78 is 0. The summed E-state index contributed by atoms with van der Waals surface area (Å²) in [4.78, 5) is 0. The first-order valence-corrected chi connectivity index (χ1v) is 10.1. The third kappa shape index (κ3) is 2.01. The highest BCUT2D eigenvalue weighted by atomic mass is 16.3. The van der Waals surface area contributed by atoms with E-state index in [0.29, 0.717) is 6.42 Å². The lowest BCUT2D eigenvalue weighted by atomic mass is 9.46. The predicted octanol–water partition coefficient (Wildman–Crippen LogP) is 1.86. The Kier molecular flexibility index (Phi) is 3.97. The fourth-order valence-corrected chi connectivity index (χ4v) is 7.32.